The van der Waals surface area contributed by atoms with Crippen molar-refractivity contribution in [3.8, 4) is 6.07 Å². The monoisotopic (exact) mass is 124 g/mol. The van der Waals surface area contributed by atoms with Crippen LogP contribution in [0.5, 0.6) is 0 Å². The molecular formula is C6H8N2O. The van der Waals surface area contributed by atoms with Gasteiger partial charge in [0.05, 0.1) is 0 Å². The first-order chi connectivity index (χ1) is 4.22. The van der Waals surface area contributed by atoms with Gasteiger partial charge in [0, 0.05) is 20.2 Å². The van der Waals surface area contributed by atoms with E-state index in [1.807, 2.05) is 6.07 Å². The Labute approximate surface area is 54.2 Å². The Morgan fingerprint density at radius 3 is 2.33 bits per heavy atom. The smallest absolute Gasteiger partial charge is 0.145 e. The molecule has 0 aliphatic rings. The SMILES string of the molecule is CN(C)/C(C#N)=C/C=O. The first-order valence-corrected chi connectivity index (χ1v) is 2.45. The molecule has 9 heavy (non-hydrogen) atoms. The molecular weight excluding hydrogens is 116 g/mol. The van der Waals surface area contributed by atoms with Crippen LogP contribution in [0.1, 0.15) is 0 Å². The number of nitriles is 1. The average molecular weight is 124 g/mol. The second-order valence-corrected chi connectivity index (χ2v) is 1.69. The van der Waals surface area contributed by atoms with Gasteiger partial charge >= 0.3 is 0 Å². The Bertz CT molecular complexity index is 164. The molecule has 0 aromatic heterocycles. The van der Waals surface area contributed by atoms with E-state index < -0.39 is 0 Å². The summed E-state index contributed by atoms with van der Waals surface area (Å²) in [6.45, 7) is 0. The molecule has 0 atom stereocenters. The van der Waals surface area contributed by atoms with E-state index in [1.165, 1.54) is 6.08 Å². The summed E-state index contributed by atoms with van der Waals surface area (Å²) in [5.74, 6) is 0. The fourth-order valence-corrected chi connectivity index (χ4v) is 0.351. The van der Waals surface area contributed by atoms with E-state index >= 15 is 0 Å². The first-order valence-electron chi connectivity index (χ1n) is 2.45. The predicted molar refractivity (Wildman–Crippen MR) is 33.4 cm³/mol. The van der Waals surface area contributed by atoms with Gasteiger partial charge in [-0.15, -0.1) is 0 Å². The number of hydrogen-bond acceptors (Lipinski definition) is 3. The van der Waals surface area contributed by atoms with Gasteiger partial charge in [-0.2, -0.15) is 5.26 Å². The van der Waals surface area contributed by atoms with Crippen LogP contribution in [0.2, 0.25) is 0 Å². The molecule has 3 nitrogen and oxygen atoms in total. The van der Waals surface area contributed by atoms with Crippen molar-refractivity contribution in [3.63, 3.8) is 0 Å². The molecule has 48 valence electrons. The summed E-state index contributed by atoms with van der Waals surface area (Å²) in [6, 6.07) is 1.86. The highest BCUT2D eigenvalue weighted by Crippen LogP contribution is 1.92. The number of nitrogens with zero attached hydrogens (tertiary/aromatic N) is 2. The van der Waals surface area contributed by atoms with Crippen molar-refractivity contribution in [1.82, 2.24) is 4.90 Å². The van der Waals surface area contributed by atoms with Crippen LogP contribution in [0.25, 0.3) is 0 Å². The van der Waals surface area contributed by atoms with Crippen molar-refractivity contribution in [2.45, 2.75) is 0 Å². The number of hydrogen-bond donors (Lipinski definition) is 0. The summed E-state index contributed by atoms with van der Waals surface area (Å²) in [7, 11) is 3.41. The molecule has 0 aromatic carbocycles. The zero-order chi connectivity index (χ0) is 7.28. The van der Waals surface area contributed by atoms with E-state index in [1.54, 1.807) is 19.0 Å². The van der Waals surface area contributed by atoms with Gasteiger partial charge in [-0.3, -0.25) is 4.79 Å². The molecule has 0 amide bonds. The standard InChI is InChI=1S/C6H8N2O/c1-8(2)6(5-7)3-4-9/h3-4H,1-2H3/b6-3+. The lowest BCUT2D eigenvalue weighted by Crippen LogP contribution is -2.09. The van der Waals surface area contributed by atoms with Gasteiger partial charge in [0.1, 0.15) is 18.1 Å². The van der Waals surface area contributed by atoms with Crippen molar-refractivity contribution >= 4 is 6.29 Å². The second kappa shape index (κ2) is 3.67. The minimum Gasteiger partial charge on any atom is -0.369 e. The molecule has 0 radical (unpaired) electrons. The van der Waals surface area contributed by atoms with Gasteiger partial charge in [-0.25, -0.2) is 0 Å². The van der Waals surface area contributed by atoms with Gasteiger partial charge in [-0.1, -0.05) is 0 Å². The number of allylic oxidation sites excluding steroid dienone is 2. The molecule has 0 fully saturated rings. The summed E-state index contributed by atoms with van der Waals surface area (Å²) in [5, 5.41) is 8.31. The van der Waals surface area contributed by atoms with Crippen LogP contribution in [-0.2, 0) is 4.79 Å². The van der Waals surface area contributed by atoms with Crippen molar-refractivity contribution in [3.05, 3.63) is 11.8 Å². The Morgan fingerprint density at radius 1 is 1.67 bits per heavy atom. The van der Waals surface area contributed by atoms with Crippen LogP contribution in [0.3, 0.4) is 0 Å². The van der Waals surface area contributed by atoms with Crippen LogP contribution in [0.4, 0.5) is 0 Å². The summed E-state index contributed by atoms with van der Waals surface area (Å²) in [5.41, 5.74) is 0.366. The van der Waals surface area contributed by atoms with Crippen LogP contribution in [0.15, 0.2) is 11.8 Å². The van der Waals surface area contributed by atoms with Gasteiger partial charge < -0.3 is 4.90 Å². The van der Waals surface area contributed by atoms with E-state index in [4.69, 9.17) is 5.26 Å². The van der Waals surface area contributed by atoms with E-state index in [9.17, 15) is 4.79 Å². The van der Waals surface area contributed by atoms with Gasteiger partial charge in [0.15, 0.2) is 0 Å². The summed E-state index contributed by atoms with van der Waals surface area (Å²) < 4.78 is 0. The lowest BCUT2D eigenvalue weighted by atomic mass is 10.4. The zero-order valence-electron chi connectivity index (χ0n) is 5.46. The molecule has 0 N–H and O–H groups in total. The molecule has 0 spiro atoms. The maximum Gasteiger partial charge on any atom is 0.145 e. The Kier molecular flexibility index (Phi) is 3.14. The Morgan fingerprint density at radius 2 is 2.22 bits per heavy atom. The fraction of sp³-hybridized carbons (Fsp3) is 0.333. The quantitative estimate of drug-likeness (QED) is 0.299. The highest BCUT2D eigenvalue weighted by molar-refractivity contribution is 5.67. The van der Waals surface area contributed by atoms with Crippen LogP contribution in [-0.4, -0.2) is 25.3 Å². The fourth-order valence-electron chi connectivity index (χ4n) is 0.351. The molecule has 3 heteroatoms. The highest BCUT2D eigenvalue weighted by atomic mass is 16.1. The summed E-state index contributed by atoms with van der Waals surface area (Å²) >= 11 is 0. The minimum atomic E-state index is 0.366. The van der Waals surface area contributed by atoms with Crippen LogP contribution in [0, 0.1) is 11.3 Å². The minimum absolute atomic E-state index is 0.366. The molecule has 0 aliphatic heterocycles. The van der Waals surface area contributed by atoms with E-state index in [-0.39, 0.29) is 0 Å². The van der Waals surface area contributed by atoms with Gasteiger partial charge in [0.2, 0.25) is 0 Å². The number of carbonyl (C=O) groups is 1. The normalized spacial score (nSPS) is 10.1. The molecule has 0 unspecified atom stereocenters. The third kappa shape index (κ3) is 2.50. The molecule has 0 aromatic rings. The average Bonchev–Trinajstić information content (AvgIpc) is 1.82. The molecule has 0 heterocycles. The van der Waals surface area contributed by atoms with Gasteiger partial charge in [-0.05, 0) is 0 Å². The topological polar surface area (TPSA) is 44.1 Å². The largest absolute Gasteiger partial charge is 0.369 e. The van der Waals surface area contributed by atoms with Gasteiger partial charge in [0.25, 0.3) is 0 Å². The van der Waals surface area contributed by atoms with Crippen molar-refractivity contribution < 1.29 is 4.79 Å². The number of aldehydes is 1. The molecule has 0 rings (SSSR count). The summed E-state index contributed by atoms with van der Waals surface area (Å²) in [6.07, 6.45) is 1.82. The number of rotatable bonds is 2. The number of carbonyl (C=O) groups excluding carboxylic acids is 1. The van der Waals surface area contributed by atoms with E-state index in [0.717, 1.165) is 0 Å². The maximum absolute atomic E-state index is 9.82. The Balaban J connectivity index is 4.19. The van der Waals surface area contributed by atoms with Crippen LogP contribution < -0.4 is 0 Å². The Hall–Kier alpha value is -1.30. The van der Waals surface area contributed by atoms with Crippen LogP contribution >= 0.6 is 0 Å². The lowest BCUT2D eigenvalue weighted by Gasteiger charge is -2.07. The highest BCUT2D eigenvalue weighted by Gasteiger charge is 1.93. The third-order valence-electron chi connectivity index (χ3n) is 0.822. The van der Waals surface area contributed by atoms with Crippen molar-refractivity contribution in [2.24, 2.45) is 0 Å². The second-order valence-electron chi connectivity index (χ2n) is 1.69. The first kappa shape index (κ1) is 7.70. The molecule has 0 saturated heterocycles. The van der Waals surface area contributed by atoms with Crippen molar-refractivity contribution in [2.75, 3.05) is 14.1 Å². The molecule has 0 bridgehead atoms. The lowest BCUT2D eigenvalue weighted by molar-refractivity contribution is -0.104. The van der Waals surface area contributed by atoms with E-state index in [0.29, 0.717) is 12.0 Å². The molecule has 0 saturated carbocycles. The maximum atomic E-state index is 9.82. The van der Waals surface area contributed by atoms with E-state index in [2.05, 4.69) is 0 Å². The molecule has 0 aliphatic carbocycles. The predicted octanol–water partition coefficient (Wildman–Crippen LogP) is 0.154. The van der Waals surface area contributed by atoms with Crippen molar-refractivity contribution in [1.29, 1.82) is 5.26 Å². The zero-order valence-corrected chi connectivity index (χ0v) is 5.46. The third-order valence-corrected chi connectivity index (χ3v) is 0.822. The summed E-state index contributed by atoms with van der Waals surface area (Å²) in [4.78, 5) is 11.4.